The van der Waals surface area contributed by atoms with E-state index in [-0.39, 0.29) is 0 Å². The second-order valence-electron chi connectivity index (χ2n) is 11.6. The first-order valence-corrected chi connectivity index (χ1v) is 16.7. The van der Waals surface area contributed by atoms with Gasteiger partial charge < -0.3 is 4.57 Å². The van der Waals surface area contributed by atoms with Crippen LogP contribution in [0, 0.1) is 0 Å². The van der Waals surface area contributed by atoms with Crippen molar-refractivity contribution >= 4 is 85.0 Å². The fourth-order valence-electron chi connectivity index (χ4n) is 6.94. The van der Waals surface area contributed by atoms with Gasteiger partial charge in [0.05, 0.1) is 21.3 Å². The summed E-state index contributed by atoms with van der Waals surface area (Å²) in [5.41, 5.74) is 9.55. The van der Waals surface area contributed by atoms with Crippen molar-refractivity contribution < 1.29 is 0 Å². The summed E-state index contributed by atoms with van der Waals surface area (Å²) in [5.74, 6) is 0. The first-order valence-electron chi connectivity index (χ1n) is 15.1. The molecule has 0 N–H and O–H groups in total. The summed E-state index contributed by atoms with van der Waals surface area (Å²) in [6.45, 7) is 0. The molecule has 0 saturated heterocycles. The number of benzene rings is 6. The molecule has 0 unspecified atom stereocenters. The Morgan fingerprint density at radius 3 is 1.91 bits per heavy atom. The molecular formula is C41H24N2S2. The number of pyridine rings is 1. The number of thiophene rings is 2. The van der Waals surface area contributed by atoms with Gasteiger partial charge >= 0.3 is 0 Å². The molecule has 210 valence electrons. The molecule has 10 rings (SSSR count). The first-order chi connectivity index (χ1) is 22.3. The minimum atomic E-state index is 1.08. The van der Waals surface area contributed by atoms with Crippen LogP contribution in [0.5, 0.6) is 0 Å². The van der Waals surface area contributed by atoms with Gasteiger partial charge in [0.2, 0.25) is 0 Å². The van der Waals surface area contributed by atoms with Crippen molar-refractivity contribution in [3.63, 3.8) is 0 Å². The molecule has 0 bridgehead atoms. The normalized spacial score (nSPS) is 12.0. The Hall–Kier alpha value is -5.29. The van der Waals surface area contributed by atoms with Gasteiger partial charge in [0, 0.05) is 52.9 Å². The third-order valence-corrected chi connectivity index (χ3v) is 11.3. The fourth-order valence-corrected chi connectivity index (χ4v) is 9.07. The average molecular weight is 609 g/mol. The minimum absolute atomic E-state index is 1.08. The summed E-state index contributed by atoms with van der Waals surface area (Å²) in [6, 6.07) is 51.2. The van der Waals surface area contributed by atoms with Gasteiger partial charge in [-0.1, -0.05) is 66.7 Å². The van der Waals surface area contributed by atoms with Gasteiger partial charge in [-0.05, 0) is 95.1 Å². The van der Waals surface area contributed by atoms with Crippen LogP contribution in [0.1, 0.15) is 0 Å². The van der Waals surface area contributed by atoms with E-state index in [2.05, 4.69) is 138 Å². The van der Waals surface area contributed by atoms with Crippen molar-refractivity contribution in [1.82, 2.24) is 9.55 Å². The summed E-state index contributed by atoms with van der Waals surface area (Å²) in [5, 5.41) is 6.41. The van der Waals surface area contributed by atoms with Crippen molar-refractivity contribution in [2.45, 2.75) is 0 Å². The van der Waals surface area contributed by atoms with Crippen LogP contribution in [-0.4, -0.2) is 9.55 Å². The number of fused-ring (bicyclic) bond motifs is 9. The molecule has 0 atom stereocenters. The predicted molar refractivity (Wildman–Crippen MR) is 195 cm³/mol. The van der Waals surface area contributed by atoms with E-state index < -0.39 is 0 Å². The van der Waals surface area contributed by atoms with Crippen LogP contribution in [0.3, 0.4) is 0 Å². The standard InChI is InChI=1S/C41H24N2S2/c1-3-11-35-30(9-1)32-22-26(27-15-18-38-33(23-27)31-10-2-4-12-37(31)44-38)14-17-36(32)43(35)29-8-5-7-25(21-29)28-16-19-39-34(24-28)41-40(45-39)13-6-20-42-41/h1-24H. The van der Waals surface area contributed by atoms with Gasteiger partial charge in [0.25, 0.3) is 0 Å². The molecule has 0 aliphatic rings. The second-order valence-corrected chi connectivity index (χ2v) is 13.8. The van der Waals surface area contributed by atoms with Gasteiger partial charge in [0.15, 0.2) is 0 Å². The summed E-state index contributed by atoms with van der Waals surface area (Å²) in [6.07, 6.45) is 1.89. The Kier molecular flexibility index (Phi) is 5.35. The predicted octanol–water partition coefficient (Wildman–Crippen LogP) is 12.2. The lowest BCUT2D eigenvalue weighted by atomic mass is 10.0. The highest BCUT2D eigenvalue weighted by molar-refractivity contribution is 7.26. The maximum absolute atomic E-state index is 4.69. The van der Waals surface area contributed by atoms with Crippen molar-refractivity contribution in [2.75, 3.05) is 0 Å². The number of hydrogen-bond donors (Lipinski definition) is 0. The van der Waals surface area contributed by atoms with E-state index in [1.165, 1.54) is 79.0 Å². The molecule has 2 nitrogen and oxygen atoms in total. The molecule has 0 saturated carbocycles. The van der Waals surface area contributed by atoms with Crippen molar-refractivity contribution in [3.05, 3.63) is 146 Å². The van der Waals surface area contributed by atoms with Crippen LogP contribution in [-0.2, 0) is 0 Å². The van der Waals surface area contributed by atoms with Crippen LogP contribution in [0.15, 0.2) is 146 Å². The summed E-state index contributed by atoms with van der Waals surface area (Å²) in [7, 11) is 0. The number of nitrogens with zero attached hydrogens (tertiary/aromatic N) is 2. The topological polar surface area (TPSA) is 17.8 Å². The van der Waals surface area contributed by atoms with Crippen molar-refractivity contribution in [2.24, 2.45) is 0 Å². The number of hydrogen-bond acceptors (Lipinski definition) is 3. The average Bonchev–Trinajstić information content (AvgIpc) is 3.77. The first kappa shape index (κ1) is 25.1. The summed E-state index contributed by atoms with van der Waals surface area (Å²) >= 11 is 3.67. The van der Waals surface area contributed by atoms with E-state index >= 15 is 0 Å². The molecule has 0 aliphatic carbocycles. The van der Waals surface area contributed by atoms with Crippen LogP contribution in [0.4, 0.5) is 0 Å². The van der Waals surface area contributed by atoms with Crippen molar-refractivity contribution in [3.8, 4) is 27.9 Å². The number of aromatic nitrogens is 2. The minimum Gasteiger partial charge on any atom is -0.309 e. The van der Waals surface area contributed by atoms with E-state index in [9.17, 15) is 0 Å². The highest BCUT2D eigenvalue weighted by atomic mass is 32.1. The molecule has 4 heteroatoms. The largest absolute Gasteiger partial charge is 0.309 e. The van der Waals surface area contributed by atoms with Gasteiger partial charge in [-0.25, -0.2) is 0 Å². The van der Waals surface area contributed by atoms with Crippen LogP contribution < -0.4 is 0 Å². The lowest BCUT2D eigenvalue weighted by Crippen LogP contribution is -1.94. The molecule has 0 fully saturated rings. The Morgan fingerprint density at radius 1 is 0.400 bits per heavy atom. The number of para-hydroxylation sites is 1. The van der Waals surface area contributed by atoms with E-state index in [0.29, 0.717) is 0 Å². The Labute approximate surface area is 267 Å². The second kappa shape index (κ2) is 9.60. The maximum atomic E-state index is 4.69. The van der Waals surface area contributed by atoms with E-state index in [1.807, 2.05) is 23.6 Å². The third-order valence-electron chi connectivity index (χ3n) is 9.05. The lowest BCUT2D eigenvalue weighted by molar-refractivity contribution is 1.18. The monoisotopic (exact) mass is 608 g/mol. The smallest absolute Gasteiger partial charge is 0.0888 e. The molecule has 0 spiro atoms. The van der Waals surface area contributed by atoms with E-state index in [1.54, 1.807) is 11.3 Å². The zero-order chi connectivity index (χ0) is 29.5. The SMILES string of the molecule is c1cc(-c2ccc3sc4cccnc4c3c2)cc(-n2c3ccccc3c3cc(-c4ccc5sc6ccccc6c5c4)ccc32)c1. The molecule has 10 aromatic rings. The maximum Gasteiger partial charge on any atom is 0.0888 e. The summed E-state index contributed by atoms with van der Waals surface area (Å²) in [4.78, 5) is 4.69. The molecule has 0 aliphatic heterocycles. The molecule has 4 aromatic heterocycles. The quantitative estimate of drug-likeness (QED) is 0.195. The summed E-state index contributed by atoms with van der Waals surface area (Å²) < 4.78 is 7.58. The van der Waals surface area contributed by atoms with E-state index in [4.69, 9.17) is 4.98 Å². The van der Waals surface area contributed by atoms with Gasteiger partial charge in [-0.15, -0.1) is 22.7 Å². The Bertz CT molecular complexity index is 2780. The highest BCUT2D eigenvalue weighted by Crippen LogP contribution is 2.40. The Morgan fingerprint density at radius 2 is 1.02 bits per heavy atom. The van der Waals surface area contributed by atoms with Gasteiger partial charge in [-0.2, -0.15) is 0 Å². The molecule has 0 radical (unpaired) electrons. The third kappa shape index (κ3) is 3.83. The van der Waals surface area contributed by atoms with Crippen LogP contribution in [0.25, 0.3) is 90.2 Å². The van der Waals surface area contributed by atoms with E-state index in [0.717, 1.165) is 11.2 Å². The highest BCUT2D eigenvalue weighted by Gasteiger charge is 2.15. The zero-order valence-corrected chi connectivity index (χ0v) is 25.7. The van der Waals surface area contributed by atoms with Crippen LogP contribution >= 0.6 is 22.7 Å². The molecule has 0 amide bonds. The Balaban J connectivity index is 1.13. The molecule has 4 heterocycles. The van der Waals surface area contributed by atoms with Crippen LogP contribution in [0.2, 0.25) is 0 Å². The molecule has 6 aromatic carbocycles. The lowest BCUT2D eigenvalue weighted by Gasteiger charge is -2.11. The fraction of sp³-hybridized carbons (Fsp3) is 0. The molecular weight excluding hydrogens is 585 g/mol. The van der Waals surface area contributed by atoms with Gasteiger partial charge in [-0.3, -0.25) is 4.98 Å². The molecule has 45 heavy (non-hydrogen) atoms. The number of rotatable bonds is 3. The van der Waals surface area contributed by atoms with Gasteiger partial charge in [0.1, 0.15) is 0 Å². The zero-order valence-electron chi connectivity index (χ0n) is 24.1. The van der Waals surface area contributed by atoms with Crippen molar-refractivity contribution in [1.29, 1.82) is 0 Å².